The molecule has 3 aromatic rings. The van der Waals surface area contributed by atoms with Crippen LogP contribution in [-0.2, 0) is 0 Å². The van der Waals surface area contributed by atoms with Crippen LogP contribution in [-0.4, -0.2) is 22.8 Å². The number of nitrogens with zero attached hydrogens (tertiary/aromatic N) is 1. The van der Waals surface area contributed by atoms with Crippen molar-refractivity contribution >= 4 is 22.5 Å². The van der Waals surface area contributed by atoms with Crippen molar-refractivity contribution in [3.8, 4) is 0 Å². The Morgan fingerprint density at radius 1 is 1.05 bits per heavy atom. The molecule has 2 aromatic carbocycles. The van der Waals surface area contributed by atoms with E-state index in [1.54, 1.807) is 4.90 Å². The Kier molecular flexibility index (Phi) is 2.51. The average Bonchev–Trinajstić information content (AvgIpc) is 2.95. The van der Waals surface area contributed by atoms with Crippen LogP contribution in [0.4, 0.5) is 5.69 Å². The third-order valence-electron chi connectivity index (χ3n) is 4.07. The van der Waals surface area contributed by atoms with Gasteiger partial charge in [-0.25, -0.2) is 0 Å². The lowest BCUT2D eigenvalue weighted by molar-refractivity contribution is 0.0736. The molecule has 0 fully saturated rings. The Morgan fingerprint density at radius 3 is 2.71 bits per heavy atom. The summed E-state index contributed by atoms with van der Waals surface area (Å²) in [7, 11) is 1.83. The Balaban J connectivity index is 1.85. The van der Waals surface area contributed by atoms with Gasteiger partial charge in [-0.2, -0.15) is 0 Å². The number of anilines is 1. The molecule has 2 heterocycles. The lowest BCUT2D eigenvalue weighted by atomic mass is 10.0. The Labute approximate surface area is 122 Å². The molecule has 21 heavy (non-hydrogen) atoms. The molecule has 1 atom stereocenters. The number of carbonyl (C=O) groups excluding carboxylic acids is 1. The highest BCUT2D eigenvalue weighted by atomic mass is 16.2. The van der Waals surface area contributed by atoms with Crippen LogP contribution < -0.4 is 5.32 Å². The first-order chi connectivity index (χ1) is 10.3. The molecule has 1 unspecified atom stereocenters. The minimum Gasteiger partial charge on any atom is -0.361 e. The SMILES string of the molecule is CN1C(=O)c2ccccc2NC1c1c[nH]c2ccccc12. The zero-order valence-corrected chi connectivity index (χ0v) is 11.6. The molecule has 0 aliphatic carbocycles. The maximum atomic E-state index is 12.5. The summed E-state index contributed by atoms with van der Waals surface area (Å²) in [4.78, 5) is 17.5. The Morgan fingerprint density at radius 2 is 1.81 bits per heavy atom. The average molecular weight is 277 g/mol. The largest absolute Gasteiger partial charge is 0.361 e. The molecular weight excluding hydrogens is 262 g/mol. The first-order valence-corrected chi connectivity index (χ1v) is 6.94. The number of benzene rings is 2. The number of hydrogen-bond donors (Lipinski definition) is 2. The molecule has 4 rings (SSSR count). The lowest BCUT2D eigenvalue weighted by Crippen LogP contribution is -2.40. The summed E-state index contributed by atoms with van der Waals surface area (Å²) in [6, 6.07) is 15.8. The topological polar surface area (TPSA) is 48.1 Å². The number of hydrogen-bond acceptors (Lipinski definition) is 2. The second kappa shape index (κ2) is 4.38. The summed E-state index contributed by atoms with van der Waals surface area (Å²) >= 11 is 0. The van der Waals surface area contributed by atoms with Gasteiger partial charge in [0.25, 0.3) is 5.91 Å². The first kappa shape index (κ1) is 12.0. The first-order valence-electron chi connectivity index (χ1n) is 6.94. The number of amides is 1. The Hall–Kier alpha value is -2.75. The predicted molar refractivity (Wildman–Crippen MR) is 83.2 cm³/mol. The van der Waals surface area contributed by atoms with Gasteiger partial charge in [-0.1, -0.05) is 30.3 Å². The summed E-state index contributed by atoms with van der Waals surface area (Å²) in [5, 5.41) is 4.59. The second-order valence-electron chi connectivity index (χ2n) is 5.30. The third-order valence-corrected chi connectivity index (χ3v) is 4.07. The summed E-state index contributed by atoms with van der Waals surface area (Å²) < 4.78 is 0. The van der Waals surface area contributed by atoms with E-state index in [4.69, 9.17) is 0 Å². The van der Waals surface area contributed by atoms with Gasteiger partial charge in [0.1, 0.15) is 6.17 Å². The molecule has 0 saturated carbocycles. The third kappa shape index (κ3) is 1.72. The van der Waals surface area contributed by atoms with Crippen molar-refractivity contribution in [2.75, 3.05) is 12.4 Å². The standard InChI is InChI=1S/C17H15N3O/c1-20-16(13-10-18-14-8-4-2-6-11(13)14)19-15-9-5-3-7-12(15)17(20)21/h2-10,16,18-19H,1H3. The fourth-order valence-corrected chi connectivity index (χ4v) is 2.95. The van der Waals surface area contributed by atoms with E-state index < -0.39 is 0 Å². The number of fused-ring (bicyclic) bond motifs is 2. The van der Waals surface area contributed by atoms with Gasteiger partial charge in [-0.15, -0.1) is 0 Å². The normalized spacial score (nSPS) is 17.7. The van der Waals surface area contributed by atoms with Crippen molar-refractivity contribution in [1.82, 2.24) is 9.88 Å². The number of para-hydroxylation sites is 2. The van der Waals surface area contributed by atoms with Gasteiger partial charge in [0.15, 0.2) is 0 Å². The van der Waals surface area contributed by atoms with Gasteiger partial charge in [0.05, 0.1) is 5.56 Å². The van der Waals surface area contributed by atoms with Crippen molar-refractivity contribution in [2.24, 2.45) is 0 Å². The lowest BCUT2D eigenvalue weighted by Gasteiger charge is -2.35. The highest BCUT2D eigenvalue weighted by molar-refractivity contribution is 6.02. The smallest absolute Gasteiger partial charge is 0.257 e. The van der Waals surface area contributed by atoms with Crippen molar-refractivity contribution in [1.29, 1.82) is 0 Å². The number of nitrogens with one attached hydrogen (secondary N) is 2. The van der Waals surface area contributed by atoms with Crippen molar-refractivity contribution in [3.63, 3.8) is 0 Å². The fourth-order valence-electron chi connectivity index (χ4n) is 2.95. The second-order valence-corrected chi connectivity index (χ2v) is 5.30. The summed E-state index contributed by atoms with van der Waals surface area (Å²) in [6.45, 7) is 0. The van der Waals surface area contributed by atoms with Crippen molar-refractivity contribution < 1.29 is 4.79 Å². The summed E-state index contributed by atoms with van der Waals surface area (Å²) in [6.07, 6.45) is 1.81. The molecule has 1 aromatic heterocycles. The molecule has 4 nitrogen and oxygen atoms in total. The monoisotopic (exact) mass is 277 g/mol. The molecule has 0 spiro atoms. The molecule has 0 bridgehead atoms. The van der Waals surface area contributed by atoms with E-state index in [0.717, 1.165) is 27.7 Å². The van der Waals surface area contributed by atoms with Crippen molar-refractivity contribution in [2.45, 2.75) is 6.17 Å². The van der Waals surface area contributed by atoms with Crippen LogP contribution in [0.3, 0.4) is 0 Å². The zero-order chi connectivity index (χ0) is 14.4. The summed E-state index contributed by atoms with van der Waals surface area (Å²) in [5.41, 5.74) is 3.76. The molecule has 1 amide bonds. The van der Waals surface area contributed by atoms with Crippen molar-refractivity contribution in [3.05, 3.63) is 65.9 Å². The fraction of sp³-hybridized carbons (Fsp3) is 0.118. The van der Waals surface area contributed by atoms with Crippen LogP contribution in [0.5, 0.6) is 0 Å². The van der Waals surface area contributed by atoms with E-state index in [1.165, 1.54) is 0 Å². The van der Waals surface area contributed by atoms with Gasteiger partial charge >= 0.3 is 0 Å². The molecule has 1 aliphatic rings. The van der Waals surface area contributed by atoms with Gasteiger partial charge in [-0.05, 0) is 18.2 Å². The molecule has 2 N–H and O–H groups in total. The van der Waals surface area contributed by atoms with Crippen LogP contribution in [0.2, 0.25) is 0 Å². The number of carbonyl (C=O) groups is 1. The van der Waals surface area contributed by atoms with Crippen LogP contribution in [0, 0.1) is 0 Å². The maximum Gasteiger partial charge on any atom is 0.257 e. The molecule has 0 radical (unpaired) electrons. The molecule has 0 saturated heterocycles. The van der Waals surface area contributed by atoms with Crippen LogP contribution in [0.25, 0.3) is 10.9 Å². The molecule has 104 valence electrons. The van der Waals surface area contributed by atoms with E-state index >= 15 is 0 Å². The Bertz CT molecular complexity index is 837. The minimum atomic E-state index is -0.163. The van der Waals surface area contributed by atoms with Crippen LogP contribution >= 0.6 is 0 Å². The molecule has 1 aliphatic heterocycles. The number of aromatic amines is 1. The van der Waals surface area contributed by atoms with Gasteiger partial charge in [0, 0.05) is 35.4 Å². The van der Waals surface area contributed by atoms with E-state index in [1.807, 2.05) is 55.7 Å². The zero-order valence-electron chi connectivity index (χ0n) is 11.6. The molecule has 4 heteroatoms. The maximum absolute atomic E-state index is 12.5. The summed E-state index contributed by atoms with van der Waals surface area (Å²) in [5.74, 6) is 0.0413. The highest BCUT2D eigenvalue weighted by Crippen LogP contribution is 2.34. The van der Waals surface area contributed by atoms with E-state index in [9.17, 15) is 4.79 Å². The number of H-pyrrole nitrogens is 1. The number of aromatic nitrogens is 1. The van der Waals surface area contributed by atoms with Crippen LogP contribution in [0.1, 0.15) is 22.1 Å². The van der Waals surface area contributed by atoms with E-state index in [-0.39, 0.29) is 12.1 Å². The van der Waals surface area contributed by atoms with Gasteiger partial charge in [0.2, 0.25) is 0 Å². The number of rotatable bonds is 1. The quantitative estimate of drug-likeness (QED) is 0.716. The van der Waals surface area contributed by atoms with E-state index in [0.29, 0.717) is 0 Å². The van der Waals surface area contributed by atoms with Gasteiger partial charge < -0.3 is 15.2 Å². The predicted octanol–water partition coefficient (Wildman–Crippen LogP) is 3.36. The van der Waals surface area contributed by atoms with Gasteiger partial charge in [-0.3, -0.25) is 4.79 Å². The highest BCUT2D eigenvalue weighted by Gasteiger charge is 2.31. The van der Waals surface area contributed by atoms with Crippen LogP contribution in [0.15, 0.2) is 54.7 Å². The molecular formula is C17H15N3O. The van der Waals surface area contributed by atoms with E-state index in [2.05, 4.69) is 16.4 Å². The minimum absolute atomic E-state index is 0.0413.